The van der Waals surface area contributed by atoms with E-state index in [-0.39, 0.29) is 42.1 Å². The molecule has 4 N–H and O–H groups in total. The molecule has 0 spiro atoms. The molecule has 0 radical (unpaired) electrons. The lowest BCUT2D eigenvalue weighted by Crippen LogP contribution is -2.47. The number of likely N-dealkylation sites (N-methyl/N-ethyl adjacent to an activating group) is 1. The number of hydrogen-bond acceptors (Lipinski definition) is 6. The second-order valence-electron chi connectivity index (χ2n) is 10.8. The average molecular weight is 522 g/mol. The summed E-state index contributed by atoms with van der Waals surface area (Å²) >= 11 is 0. The molecule has 4 aliphatic rings. The molecule has 1 saturated carbocycles. The van der Waals surface area contributed by atoms with Crippen molar-refractivity contribution in [2.24, 2.45) is 39.4 Å². The summed E-state index contributed by atoms with van der Waals surface area (Å²) in [5.74, 6) is 1.44. The molecule has 4 unspecified atom stereocenters. The minimum atomic E-state index is -4.42. The number of alkyl halides is 3. The molecule has 0 saturated heterocycles. The Morgan fingerprint density at radius 2 is 2.00 bits per heavy atom. The van der Waals surface area contributed by atoms with Crippen molar-refractivity contribution in [3.63, 3.8) is 0 Å². The van der Waals surface area contributed by atoms with Gasteiger partial charge in [0.1, 0.15) is 11.7 Å². The van der Waals surface area contributed by atoms with Crippen LogP contribution in [0.1, 0.15) is 52.4 Å². The Kier molecular flexibility index (Phi) is 8.16. The van der Waals surface area contributed by atoms with Crippen molar-refractivity contribution in [1.29, 1.82) is 0 Å². The Morgan fingerprint density at radius 1 is 1.30 bits per heavy atom. The van der Waals surface area contributed by atoms with Gasteiger partial charge in [-0.1, -0.05) is 17.7 Å². The fourth-order valence-corrected chi connectivity index (χ4v) is 6.16. The number of aliphatic imine (C=N–C) groups is 2. The maximum atomic E-state index is 13.2. The van der Waals surface area contributed by atoms with E-state index in [1.807, 2.05) is 13.8 Å². The van der Waals surface area contributed by atoms with Gasteiger partial charge in [-0.15, -0.1) is 0 Å². The summed E-state index contributed by atoms with van der Waals surface area (Å²) in [6, 6.07) is -0.299. The number of aliphatic hydroxyl groups excluding tert-OH is 1. The lowest BCUT2D eigenvalue weighted by molar-refractivity contribution is -0.135. The molecule has 1 fully saturated rings. The Bertz CT molecular complexity index is 1040. The van der Waals surface area contributed by atoms with Gasteiger partial charge in [-0.05, 0) is 64.4 Å². The Hall–Kier alpha value is -2.62. The van der Waals surface area contributed by atoms with E-state index in [2.05, 4.69) is 16.4 Å². The third kappa shape index (κ3) is 6.10. The van der Waals surface area contributed by atoms with Gasteiger partial charge in [0, 0.05) is 43.1 Å². The Balaban J connectivity index is 1.40. The number of hydrogen-bond donors (Lipinski definition) is 3. The highest BCUT2D eigenvalue weighted by Crippen LogP contribution is 2.41. The number of carbonyl (C=O) groups excluding carboxylic acids is 1. The lowest BCUT2D eigenvalue weighted by Gasteiger charge is -2.38. The summed E-state index contributed by atoms with van der Waals surface area (Å²) < 4.78 is 39.6. The van der Waals surface area contributed by atoms with Crippen molar-refractivity contribution < 1.29 is 23.1 Å². The highest BCUT2D eigenvalue weighted by atomic mass is 19.4. The number of nitrogens with zero attached hydrogens (tertiary/aromatic N) is 3. The summed E-state index contributed by atoms with van der Waals surface area (Å²) in [6.45, 7) is 4.01. The zero-order valence-corrected chi connectivity index (χ0v) is 21.8. The number of amidine groups is 2. The molecule has 1 heterocycles. The van der Waals surface area contributed by atoms with Gasteiger partial charge in [-0.3, -0.25) is 9.79 Å². The molecule has 1 aliphatic heterocycles. The third-order valence-corrected chi connectivity index (χ3v) is 8.25. The smallest absolute Gasteiger partial charge is 0.401 e. The molecule has 3 aliphatic carbocycles. The highest BCUT2D eigenvalue weighted by molar-refractivity contribution is 6.00. The Morgan fingerprint density at radius 3 is 2.62 bits per heavy atom. The Labute approximate surface area is 216 Å². The van der Waals surface area contributed by atoms with Crippen molar-refractivity contribution in [3.05, 3.63) is 35.1 Å². The molecule has 204 valence electrons. The lowest BCUT2D eigenvalue weighted by atomic mass is 9.72. The molecule has 0 aromatic carbocycles. The highest BCUT2D eigenvalue weighted by Gasteiger charge is 2.40. The van der Waals surface area contributed by atoms with Gasteiger partial charge in [0.15, 0.2) is 0 Å². The molecule has 10 heteroatoms. The number of rotatable bonds is 6. The topological polar surface area (TPSA) is 103 Å². The first-order chi connectivity index (χ1) is 17.5. The average Bonchev–Trinajstić information content (AvgIpc) is 3.26. The summed E-state index contributed by atoms with van der Waals surface area (Å²) in [4.78, 5) is 23.7. The normalized spacial score (nSPS) is 30.8. The van der Waals surface area contributed by atoms with Crippen molar-refractivity contribution in [2.45, 2.75) is 70.6 Å². The van der Waals surface area contributed by atoms with Crippen LogP contribution in [0.3, 0.4) is 0 Å². The van der Waals surface area contributed by atoms with E-state index in [9.17, 15) is 18.0 Å². The van der Waals surface area contributed by atoms with Crippen LogP contribution in [0.15, 0.2) is 45.1 Å². The number of nitrogens with one attached hydrogen (secondary N) is 1. The molecular weight excluding hydrogens is 483 g/mol. The van der Waals surface area contributed by atoms with Crippen LogP contribution in [0.25, 0.3) is 0 Å². The summed E-state index contributed by atoms with van der Waals surface area (Å²) in [5, 5.41) is 12.5. The molecule has 4 rings (SSSR count). The predicted octanol–water partition coefficient (Wildman–Crippen LogP) is 3.72. The molecule has 0 aromatic rings. The van der Waals surface area contributed by atoms with Crippen LogP contribution in [0, 0.1) is 23.7 Å². The number of fused-ring (bicyclic) bond motifs is 1. The SMILES string of the molecule is CC1=NC2CC=C(C3CCC(C(=O)N(C)CCO)CC3)CC2C(NC(C)C2C=C(C(F)(F)F)C=C2N)=N1. The molecule has 1 amide bonds. The second-order valence-corrected chi connectivity index (χ2v) is 10.8. The van der Waals surface area contributed by atoms with E-state index in [1.54, 1.807) is 11.9 Å². The zero-order chi connectivity index (χ0) is 26.9. The van der Waals surface area contributed by atoms with Crippen LogP contribution in [0.5, 0.6) is 0 Å². The minimum Gasteiger partial charge on any atom is -0.401 e. The fraction of sp³-hybridized carbons (Fsp3) is 0.667. The summed E-state index contributed by atoms with van der Waals surface area (Å²) in [5.41, 5.74) is 6.84. The summed E-state index contributed by atoms with van der Waals surface area (Å²) in [6.07, 6.45) is 5.24. The summed E-state index contributed by atoms with van der Waals surface area (Å²) in [7, 11) is 1.74. The molecule has 7 nitrogen and oxygen atoms in total. The van der Waals surface area contributed by atoms with Gasteiger partial charge in [0.25, 0.3) is 0 Å². The zero-order valence-electron chi connectivity index (χ0n) is 21.8. The van der Waals surface area contributed by atoms with E-state index in [0.717, 1.165) is 50.4 Å². The van der Waals surface area contributed by atoms with Gasteiger partial charge in [-0.2, -0.15) is 13.2 Å². The number of nitrogens with two attached hydrogens (primary N) is 1. The van der Waals surface area contributed by atoms with Crippen molar-refractivity contribution in [3.8, 4) is 0 Å². The van der Waals surface area contributed by atoms with Gasteiger partial charge in [0.05, 0.1) is 18.2 Å². The van der Waals surface area contributed by atoms with Crippen LogP contribution in [-0.2, 0) is 4.79 Å². The number of halogens is 3. The molecule has 0 bridgehead atoms. The minimum absolute atomic E-state index is 0.00544. The quantitative estimate of drug-likeness (QED) is 0.464. The van der Waals surface area contributed by atoms with Crippen LogP contribution in [0.2, 0.25) is 0 Å². The van der Waals surface area contributed by atoms with Gasteiger partial charge < -0.3 is 21.1 Å². The predicted molar refractivity (Wildman–Crippen MR) is 138 cm³/mol. The number of allylic oxidation sites excluding steroid dienone is 3. The van der Waals surface area contributed by atoms with Crippen molar-refractivity contribution in [1.82, 2.24) is 10.2 Å². The maximum absolute atomic E-state index is 13.2. The first-order valence-electron chi connectivity index (χ1n) is 13.2. The molecular formula is C27H38F3N5O2. The number of carbonyl (C=O) groups is 1. The van der Waals surface area contributed by atoms with E-state index in [0.29, 0.717) is 18.3 Å². The maximum Gasteiger partial charge on any atom is 0.416 e. The van der Waals surface area contributed by atoms with E-state index < -0.39 is 17.7 Å². The van der Waals surface area contributed by atoms with Crippen LogP contribution in [-0.4, -0.2) is 66.0 Å². The number of amides is 1. The second kappa shape index (κ2) is 11.0. The monoisotopic (exact) mass is 521 g/mol. The molecule has 0 aromatic heterocycles. The first-order valence-corrected chi connectivity index (χ1v) is 13.2. The standard InChI is InChI=1S/C27H38F3N5O2/c1-15(21-13-20(14-23(21)31)27(28,29)30)32-25-22-12-19(8-9-24(22)33-16(2)34-25)17-4-6-18(7-5-17)26(37)35(3)10-11-36/h8,13-15,17-18,21-22,24,36H,4-7,9-12,31H2,1-3H3,(H,32,33,34). The molecule has 37 heavy (non-hydrogen) atoms. The van der Waals surface area contributed by atoms with Crippen molar-refractivity contribution in [2.75, 3.05) is 20.2 Å². The third-order valence-electron chi connectivity index (χ3n) is 8.25. The van der Waals surface area contributed by atoms with Crippen LogP contribution in [0.4, 0.5) is 13.2 Å². The van der Waals surface area contributed by atoms with Crippen molar-refractivity contribution >= 4 is 17.6 Å². The number of aliphatic hydroxyl groups is 1. The fourth-order valence-electron chi connectivity index (χ4n) is 6.16. The van der Waals surface area contributed by atoms with Gasteiger partial charge in [0.2, 0.25) is 5.91 Å². The van der Waals surface area contributed by atoms with E-state index in [4.69, 9.17) is 15.8 Å². The largest absolute Gasteiger partial charge is 0.416 e. The van der Waals surface area contributed by atoms with Gasteiger partial charge >= 0.3 is 6.18 Å². The van der Waals surface area contributed by atoms with Crippen LogP contribution < -0.4 is 11.1 Å². The van der Waals surface area contributed by atoms with E-state index in [1.165, 1.54) is 11.6 Å². The first kappa shape index (κ1) is 27.4. The molecule has 4 atom stereocenters. The van der Waals surface area contributed by atoms with Gasteiger partial charge in [-0.25, -0.2) is 4.99 Å². The van der Waals surface area contributed by atoms with E-state index >= 15 is 0 Å². The van der Waals surface area contributed by atoms with Crippen LogP contribution >= 0.6 is 0 Å².